The molecule has 0 saturated carbocycles. The number of carbonyl (C=O) groups excluding carboxylic acids is 1. The number of anilines is 1. The fourth-order valence-corrected chi connectivity index (χ4v) is 3.92. The normalized spacial score (nSPS) is 11.4. The van der Waals surface area contributed by atoms with Crippen molar-refractivity contribution < 1.29 is 9.21 Å². The maximum absolute atomic E-state index is 12.8. The van der Waals surface area contributed by atoms with E-state index in [0.717, 1.165) is 22.0 Å². The average Bonchev–Trinajstić information content (AvgIpc) is 3.43. The molecule has 3 aromatic heterocycles. The fraction of sp³-hybridized carbons (Fsp3) is 0.0400. The number of carbonyl (C=O) groups is 1. The van der Waals surface area contributed by atoms with Gasteiger partial charge in [0.05, 0.1) is 17.4 Å². The summed E-state index contributed by atoms with van der Waals surface area (Å²) in [6, 6.07) is 22.5. The maximum atomic E-state index is 12.8. The first-order valence-corrected chi connectivity index (χ1v) is 10.4. The fourth-order valence-electron chi connectivity index (χ4n) is 3.92. The second-order valence-electron chi connectivity index (χ2n) is 7.69. The van der Waals surface area contributed by atoms with Crippen LogP contribution in [0.1, 0.15) is 0 Å². The molecule has 0 unspecified atom stereocenters. The third-order valence-corrected chi connectivity index (χ3v) is 5.47. The largest absolute Gasteiger partial charge is 0.448 e. The van der Waals surface area contributed by atoms with E-state index < -0.39 is 5.56 Å². The molecule has 1 amide bonds. The van der Waals surface area contributed by atoms with Crippen molar-refractivity contribution in [2.45, 2.75) is 6.54 Å². The molecular formula is C25H17N5O3. The predicted molar refractivity (Wildman–Crippen MR) is 126 cm³/mol. The van der Waals surface area contributed by atoms with Crippen LogP contribution in [0.3, 0.4) is 0 Å². The Morgan fingerprint density at radius 3 is 2.79 bits per heavy atom. The number of para-hydroxylation sites is 3. The molecule has 3 aromatic carbocycles. The van der Waals surface area contributed by atoms with Crippen molar-refractivity contribution in [1.29, 1.82) is 0 Å². The molecule has 0 spiro atoms. The van der Waals surface area contributed by atoms with E-state index in [2.05, 4.69) is 20.3 Å². The summed E-state index contributed by atoms with van der Waals surface area (Å²) in [5.41, 5.74) is 4.06. The van der Waals surface area contributed by atoms with Crippen LogP contribution in [0.4, 0.5) is 5.69 Å². The number of aromatic amines is 1. The van der Waals surface area contributed by atoms with Gasteiger partial charge in [0.2, 0.25) is 11.5 Å². The van der Waals surface area contributed by atoms with Crippen molar-refractivity contribution in [2.24, 2.45) is 0 Å². The van der Waals surface area contributed by atoms with Gasteiger partial charge in [-0.15, -0.1) is 0 Å². The Morgan fingerprint density at radius 1 is 1.03 bits per heavy atom. The zero-order chi connectivity index (χ0) is 22.4. The van der Waals surface area contributed by atoms with Gasteiger partial charge in [-0.25, -0.2) is 9.97 Å². The minimum absolute atomic E-state index is 0.137. The number of imidazole rings is 1. The Labute approximate surface area is 186 Å². The van der Waals surface area contributed by atoms with Gasteiger partial charge < -0.3 is 14.7 Å². The van der Waals surface area contributed by atoms with Gasteiger partial charge >= 0.3 is 0 Å². The molecule has 8 nitrogen and oxygen atoms in total. The highest BCUT2D eigenvalue weighted by atomic mass is 16.3. The van der Waals surface area contributed by atoms with Gasteiger partial charge in [0.25, 0.3) is 5.56 Å². The molecule has 8 heteroatoms. The Morgan fingerprint density at radius 2 is 1.88 bits per heavy atom. The van der Waals surface area contributed by atoms with Crippen molar-refractivity contribution in [3.05, 3.63) is 89.5 Å². The summed E-state index contributed by atoms with van der Waals surface area (Å²) >= 11 is 0. The van der Waals surface area contributed by atoms with Crippen molar-refractivity contribution in [3.63, 3.8) is 0 Å². The van der Waals surface area contributed by atoms with Crippen molar-refractivity contribution in [3.8, 4) is 11.4 Å². The van der Waals surface area contributed by atoms with Gasteiger partial charge in [0, 0.05) is 16.6 Å². The molecule has 6 rings (SSSR count). The number of aromatic nitrogens is 4. The molecule has 2 N–H and O–H groups in total. The minimum atomic E-state index is -0.401. The first-order chi connectivity index (χ1) is 16.2. The molecule has 0 aliphatic carbocycles. The number of hydrogen-bond acceptors (Lipinski definition) is 5. The summed E-state index contributed by atoms with van der Waals surface area (Å²) in [6.45, 7) is -0.187. The molecular weight excluding hydrogens is 418 g/mol. The maximum Gasteiger partial charge on any atom is 0.297 e. The highest BCUT2D eigenvalue weighted by Gasteiger charge is 2.15. The van der Waals surface area contributed by atoms with Gasteiger partial charge in [-0.3, -0.25) is 14.2 Å². The number of fused-ring (bicyclic) bond motifs is 4. The number of rotatable bonds is 4. The number of nitrogens with one attached hydrogen (secondary N) is 2. The monoisotopic (exact) mass is 435 g/mol. The molecule has 33 heavy (non-hydrogen) atoms. The van der Waals surface area contributed by atoms with Crippen LogP contribution < -0.4 is 10.9 Å². The lowest BCUT2D eigenvalue weighted by molar-refractivity contribution is -0.116. The molecule has 0 radical (unpaired) electrons. The zero-order valence-electron chi connectivity index (χ0n) is 17.3. The molecule has 0 aliphatic rings. The summed E-state index contributed by atoms with van der Waals surface area (Å²) in [7, 11) is 0. The minimum Gasteiger partial charge on any atom is -0.448 e. The van der Waals surface area contributed by atoms with Crippen molar-refractivity contribution in [1.82, 2.24) is 19.5 Å². The first kappa shape index (κ1) is 19.0. The second kappa shape index (κ2) is 7.45. The summed E-state index contributed by atoms with van der Waals surface area (Å²) in [4.78, 5) is 37.7. The second-order valence-corrected chi connectivity index (χ2v) is 7.69. The first-order valence-electron chi connectivity index (χ1n) is 10.4. The summed E-state index contributed by atoms with van der Waals surface area (Å²) in [5.74, 6) is 0.360. The van der Waals surface area contributed by atoms with Gasteiger partial charge in [-0.05, 0) is 36.4 Å². The summed E-state index contributed by atoms with van der Waals surface area (Å²) in [5, 5.41) is 3.60. The lowest BCUT2D eigenvalue weighted by Crippen LogP contribution is -2.27. The topological polar surface area (TPSA) is 106 Å². The number of nitrogens with zero attached hydrogens (tertiary/aromatic N) is 3. The van der Waals surface area contributed by atoms with Crippen molar-refractivity contribution >= 4 is 44.7 Å². The van der Waals surface area contributed by atoms with Gasteiger partial charge in [-0.2, -0.15) is 0 Å². The van der Waals surface area contributed by atoms with Crippen LogP contribution in [0.5, 0.6) is 0 Å². The van der Waals surface area contributed by atoms with E-state index in [4.69, 9.17) is 4.42 Å². The van der Waals surface area contributed by atoms with Crippen molar-refractivity contribution in [2.75, 3.05) is 5.32 Å². The molecule has 0 atom stereocenters. The smallest absolute Gasteiger partial charge is 0.297 e. The summed E-state index contributed by atoms with van der Waals surface area (Å²) in [6.07, 6.45) is 1.37. The predicted octanol–water partition coefficient (Wildman–Crippen LogP) is 4.32. The summed E-state index contributed by atoms with van der Waals surface area (Å²) < 4.78 is 6.91. The number of furan rings is 1. The Kier molecular flexibility index (Phi) is 4.29. The van der Waals surface area contributed by atoms with Gasteiger partial charge in [0.1, 0.15) is 23.5 Å². The van der Waals surface area contributed by atoms with E-state index in [9.17, 15) is 9.59 Å². The molecule has 0 aliphatic heterocycles. The zero-order valence-corrected chi connectivity index (χ0v) is 17.3. The molecule has 0 fully saturated rings. The van der Waals surface area contributed by atoms with Crippen LogP contribution in [0, 0.1) is 0 Å². The van der Waals surface area contributed by atoms with Crippen LogP contribution in [-0.2, 0) is 11.3 Å². The van der Waals surface area contributed by atoms with E-state index in [1.54, 1.807) is 12.1 Å². The molecule has 0 bridgehead atoms. The Hall–Kier alpha value is -4.72. The van der Waals surface area contributed by atoms with E-state index in [1.807, 2.05) is 60.7 Å². The number of H-pyrrole nitrogens is 1. The van der Waals surface area contributed by atoms with Crippen LogP contribution in [0.2, 0.25) is 0 Å². The highest BCUT2D eigenvalue weighted by molar-refractivity contribution is 6.01. The Bertz CT molecular complexity index is 1690. The molecule has 6 aromatic rings. The van der Waals surface area contributed by atoms with Gasteiger partial charge in [-0.1, -0.05) is 36.4 Å². The molecule has 160 valence electrons. The van der Waals surface area contributed by atoms with E-state index in [-0.39, 0.29) is 18.0 Å². The lowest BCUT2D eigenvalue weighted by Gasteiger charge is -2.08. The van der Waals surface area contributed by atoms with Gasteiger partial charge in [0.15, 0.2) is 0 Å². The number of benzene rings is 3. The standard InChI is InChI=1S/C25H17N5O3/c31-21(13-30-14-26-22-17-8-1-4-11-20(17)33-23(22)25(30)32)27-16-7-5-6-15(12-16)24-28-18-9-2-3-10-19(18)29-24/h1-12,14H,13H2,(H,27,31)(H,28,29). The van der Waals surface area contributed by atoms with Crippen LogP contribution in [0.25, 0.3) is 44.5 Å². The molecule has 0 saturated heterocycles. The SMILES string of the molecule is O=C(Cn1cnc2c(oc3ccccc32)c1=O)Nc1cccc(-c2nc3ccccc3[nH]2)c1. The lowest BCUT2D eigenvalue weighted by atomic mass is 10.2. The third kappa shape index (κ3) is 3.34. The average molecular weight is 435 g/mol. The quantitative estimate of drug-likeness (QED) is 0.429. The van der Waals surface area contributed by atoms with E-state index >= 15 is 0 Å². The van der Waals surface area contributed by atoms with E-state index in [1.165, 1.54) is 10.9 Å². The van der Waals surface area contributed by atoms with Crippen LogP contribution >= 0.6 is 0 Å². The van der Waals surface area contributed by atoms with E-state index in [0.29, 0.717) is 22.6 Å². The number of hydrogen-bond donors (Lipinski definition) is 2. The third-order valence-electron chi connectivity index (χ3n) is 5.47. The van der Waals surface area contributed by atoms with Crippen LogP contribution in [0.15, 0.2) is 88.3 Å². The molecule has 3 heterocycles. The Balaban J connectivity index is 1.25. The highest BCUT2D eigenvalue weighted by Crippen LogP contribution is 2.25. The van der Waals surface area contributed by atoms with Crippen LogP contribution in [-0.4, -0.2) is 25.4 Å². The number of amides is 1.